The molecule has 196 valence electrons. The molecule has 4 aromatic rings. The highest BCUT2D eigenvalue weighted by Gasteiger charge is 2.41. The van der Waals surface area contributed by atoms with Gasteiger partial charge in [-0.25, -0.2) is 4.98 Å². The molecule has 0 N–H and O–H groups in total. The lowest BCUT2D eigenvalue weighted by Crippen LogP contribution is -2.50. The first-order chi connectivity index (χ1) is 18.8. The van der Waals surface area contributed by atoms with Crippen molar-refractivity contribution in [3.05, 3.63) is 132 Å². The molecule has 1 fully saturated rings. The number of thioether (sulfide) groups is 1. The van der Waals surface area contributed by atoms with E-state index in [2.05, 4.69) is 41.4 Å². The quantitative estimate of drug-likeness (QED) is 0.205. The molecule has 2 heterocycles. The van der Waals surface area contributed by atoms with E-state index >= 15 is 0 Å². The fourth-order valence-electron chi connectivity index (χ4n) is 4.40. The van der Waals surface area contributed by atoms with Crippen LogP contribution in [-0.4, -0.2) is 35.3 Å². The molecule has 0 amide bonds. The Morgan fingerprint density at radius 3 is 1.87 bits per heavy atom. The molecule has 1 aliphatic rings. The maximum Gasteiger partial charge on any atom is 0.138 e. The van der Waals surface area contributed by atoms with Crippen LogP contribution in [0.5, 0.6) is 0 Å². The molecular weight excluding hydrogens is 494 g/mol. The Morgan fingerprint density at radius 1 is 0.684 bits per heavy atom. The van der Waals surface area contributed by atoms with Gasteiger partial charge in [-0.3, -0.25) is 0 Å². The summed E-state index contributed by atoms with van der Waals surface area (Å²) in [5.41, 5.74) is 3.09. The molecule has 1 saturated heterocycles. The molecule has 4 unspecified atom stereocenters. The van der Waals surface area contributed by atoms with Gasteiger partial charge in [0.15, 0.2) is 0 Å². The van der Waals surface area contributed by atoms with Gasteiger partial charge in [0.05, 0.1) is 43.7 Å². The highest BCUT2D eigenvalue weighted by Crippen LogP contribution is 2.36. The van der Waals surface area contributed by atoms with E-state index in [1.807, 2.05) is 72.8 Å². The third-order valence-corrected chi connectivity index (χ3v) is 7.43. The molecule has 5 nitrogen and oxygen atoms in total. The van der Waals surface area contributed by atoms with E-state index in [1.54, 1.807) is 18.0 Å². The number of pyridine rings is 1. The summed E-state index contributed by atoms with van der Waals surface area (Å²) >= 11 is 1.57. The van der Waals surface area contributed by atoms with Gasteiger partial charge in [-0.05, 0) is 28.8 Å². The number of hydrogen-bond donors (Lipinski definition) is 0. The van der Waals surface area contributed by atoms with Gasteiger partial charge in [0.1, 0.15) is 11.5 Å². The minimum atomic E-state index is -0.298. The van der Waals surface area contributed by atoms with Gasteiger partial charge in [-0.1, -0.05) is 109 Å². The highest BCUT2D eigenvalue weighted by molar-refractivity contribution is 7.99. The number of hydrogen-bond acceptors (Lipinski definition) is 6. The fourth-order valence-corrected chi connectivity index (χ4v) is 5.52. The molecular formula is C32H33NO4S. The first-order valence-corrected chi connectivity index (χ1v) is 13.9. The van der Waals surface area contributed by atoms with E-state index in [-0.39, 0.29) is 23.7 Å². The summed E-state index contributed by atoms with van der Waals surface area (Å²) in [6, 6.07) is 36.6. The van der Waals surface area contributed by atoms with Crippen LogP contribution in [0.25, 0.3) is 0 Å². The summed E-state index contributed by atoms with van der Waals surface area (Å²) in [5, 5.41) is 0.887. The third-order valence-electron chi connectivity index (χ3n) is 6.34. The second-order valence-corrected chi connectivity index (χ2v) is 10.4. The average molecular weight is 528 g/mol. The van der Waals surface area contributed by atoms with Crippen molar-refractivity contribution in [3.63, 3.8) is 0 Å². The Balaban J connectivity index is 1.32. The Morgan fingerprint density at radius 2 is 1.26 bits per heavy atom. The van der Waals surface area contributed by atoms with Crippen LogP contribution < -0.4 is 0 Å². The molecule has 1 aromatic heterocycles. The summed E-state index contributed by atoms with van der Waals surface area (Å²) in [7, 11) is 0. The van der Waals surface area contributed by atoms with Gasteiger partial charge in [-0.2, -0.15) is 0 Å². The maximum absolute atomic E-state index is 6.60. The molecule has 0 bridgehead atoms. The monoisotopic (exact) mass is 527 g/mol. The molecule has 0 saturated carbocycles. The van der Waals surface area contributed by atoms with E-state index in [4.69, 9.17) is 18.9 Å². The zero-order valence-corrected chi connectivity index (χ0v) is 22.1. The van der Waals surface area contributed by atoms with Crippen molar-refractivity contribution in [2.75, 3.05) is 6.61 Å². The van der Waals surface area contributed by atoms with Crippen molar-refractivity contribution in [2.24, 2.45) is 0 Å². The Bertz CT molecular complexity index is 1200. The lowest BCUT2D eigenvalue weighted by molar-refractivity contribution is -0.192. The van der Waals surface area contributed by atoms with Crippen LogP contribution in [-0.2, 0) is 38.8 Å². The molecule has 0 aliphatic carbocycles. The SMILES string of the molecule is c1ccc(COCC2CC(OCc3ccccc3)C(OCc3ccccc3)C(Sc3ccccn3)O2)cc1. The van der Waals surface area contributed by atoms with Crippen LogP contribution in [0.15, 0.2) is 120 Å². The summed E-state index contributed by atoms with van der Waals surface area (Å²) in [5.74, 6) is 0. The second kappa shape index (κ2) is 14.2. The molecule has 3 aromatic carbocycles. The predicted octanol–water partition coefficient (Wildman–Crippen LogP) is 6.68. The largest absolute Gasteiger partial charge is 0.374 e. The third kappa shape index (κ3) is 8.00. The van der Waals surface area contributed by atoms with Crippen LogP contribution >= 0.6 is 11.8 Å². The average Bonchev–Trinajstić information content (AvgIpc) is 2.98. The zero-order valence-electron chi connectivity index (χ0n) is 21.3. The van der Waals surface area contributed by atoms with Crippen LogP contribution in [0.2, 0.25) is 0 Å². The van der Waals surface area contributed by atoms with Crippen molar-refractivity contribution in [2.45, 2.75) is 55.0 Å². The minimum Gasteiger partial charge on any atom is -0.374 e. The van der Waals surface area contributed by atoms with Crippen molar-refractivity contribution in [3.8, 4) is 0 Å². The molecule has 1 aliphatic heterocycles. The van der Waals surface area contributed by atoms with Gasteiger partial charge in [0.25, 0.3) is 0 Å². The smallest absolute Gasteiger partial charge is 0.138 e. The van der Waals surface area contributed by atoms with Crippen LogP contribution in [0.3, 0.4) is 0 Å². The molecule has 0 spiro atoms. The fraction of sp³-hybridized carbons (Fsp3) is 0.281. The Labute approximate surface area is 229 Å². The second-order valence-electron chi connectivity index (χ2n) is 9.25. The van der Waals surface area contributed by atoms with E-state index in [0.717, 1.165) is 21.7 Å². The predicted molar refractivity (Wildman–Crippen MR) is 150 cm³/mol. The summed E-state index contributed by atoms with van der Waals surface area (Å²) in [6.07, 6.45) is 1.91. The number of aromatic nitrogens is 1. The van der Waals surface area contributed by atoms with Gasteiger partial charge in [0.2, 0.25) is 0 Å². The van der Waals surface area contributed by atoms with Gasteiger partial charge < -0.3 is 18.9 Å². The molecule has 4 atom stereocenters. The lowest BCUT2D eigenvalue weighted by atomic mass is 10.0. The number of rotatable bonds is 12. The molecule has 38 heavy (non-hydrogen) atoms. The number of ether oxygens (including phenoxy) is 4. The Kier molecular flexibility index (Phi) is 9.97. The van der Waals surface area contributed by atoms with Gasteiger partial charge >= 0.3 is 0 Å². The number of benzene rings is 3. The van der Waals surface area contributed by atoms with Crippen LogP contribution in [0.1, 0.15) is 23.1 Å². The normalized spacial score (nSPS) is 21.3. The summed E-state index contributed by atoms with van der Waals surface area (Å²) in [4.78, 5) is 4.53. The van der Waals surface area contributed by atoms with E-state index in [9.17, 15) is 0 Å². The molecule has 6 heteroatoms. The van der Waals surface area contributed by atoms with Crippen molar-refractivity contribution in [1.82, 2.24) is 4.98 Å². The van der Waals surface area contributed by atoms with Crippen molar-refractivity contribution in [1.29, 1.82) is 0 Å². The maximum atomic E-state index is 6.60. The molecule has 5 rings (SSSR count). The highest BCUT2D eigenvalue weighted by atomic mass is 32.2. The van der Waals surface area contributed by atoms with E-state index < -0.39 is 0 Å². The van der Waals surface area contributed by atoms with Crippen molar-refractivity contribution < 1.29 is 18.9 Å². The summed E-state index contributed by atoms with van der Waals surface area (Å²) < 4.78 is 25.8. The van der Waals surface area contributed by atoms with Gasteiger partial charge in [-0.15, -0.1) is 0 Å². The van der Waals surface area contributed by atoms with Gasteiger partial charge in [0, 0.05) is 12.6 Å². The topological polar surface area (TPSA) is 49.8 Å². The zero-order chi connectivity index (χ0) is 25.8. The van der Waals surface area contributed by atoms with Crippen LogP contribution in [0, 0.1) is 0 Å². The van der Waals surface area contributed by atoms with E-state index in [0.29, 0.717) is 32.8 Å². The number of nitrogens with zero attached hydrogens (tertiary/aromatic N) is 1. The van der Waals surface area contributed by atoms with Crippen molar-refractivity contribution >= 4 is 11.8 Å². The summed E-state index contributed by atoms with van der Waals surface area (Å²) in [6.45, 7) is 2.01. The lowest BCUT2D eigenvalue weighted by Gasteiger charge is -2.41. The first-order valence-electron chi connectivity index (χ1n) is 13.0. The van der Waals surface area contributed by atoms with Crippen LogP contribution in [0.4, 0.5) is 0 Å². The molecule has 0 radical (unpaired) electrons. The minimum absolute atomic E-state index is 0.128. The van der Waals surface area contributed by atoms with E-state index in [1.165, 1.54) is 0 Å². The first kappa shape index (κ1) is 26.6. The standard InChI is InChI=1S/C32H33NO4S/c1-4-12-25(13-5-1)21-34-24-28-20-29(35-22-26-14-6-2-7-15-26)31(36-23-27-16-8-3-9-17-27)32(37-28)38-30-18-10-11-19-33-30/h1-19,28-29,31-32H,20-24H2. The Hall–Kier alpha value is -3.00.